The van der Waals surface area contributed by atoms with Gasteiger partial charge in [0.05, 0.1) is 7.11 Å². The molecule has 1 heterocycles. The van der Waals surface area contributed by atoms with Crippen molar-refractivity contribution < 1.29 is 12.5 Å². The van der Waals surface area contributed by atoms with Crippen LogP contribution in [0.3, 0.4) is 0 Å². The first-order valence-electron chi connectivity index (χ1n) is 1.99. The molecule has 0 N–H and O–H groups in total. The van der Waals surface area contributed by atoms with Crippen LogP contribution in [0.4, 0.5) is 0 Å². The van der Waals surface area contributed by atoms with Crippen molar-refractivity contribution in [2.24, 2.45) is 0 Å². The Balaban J connectivity index is 2.14. The summed E-state index contributed by atoms with van der Waals surface area (Å²) in [6, 6.07) is 0. The molecule has 0 bridgehead atoms. The largest absolute Gasteiger partial charge is 0.507 e. The minimum atomic E-state index is -0.634. The summed E-state index contributed by atoms with van der Waals surface area (Å²) in [6.07, 6.45) is 0. The van der Waals surface area contributed by atoms with Crippen LogP contribution in [0.1, 0.15) is 0 Å². The van der Waals surface area contributed by atoms with E-state index in [9.17, 15) is 0 Å². The zero-order chi connectivity index (χ0) is 5.11. The molecule has 7 heavy (non-hydrogen) atoms. The van der Waals surface area contributed by atoms with Gasteiger partial charge in [0, 0.05) is 0 Å². The Morgan fingerprint density at radius 3 is 2.29 bits per heavy atom. The third-order valence-corrected chi connectivity index (χ3v) is 1.57. The van der Waals surface area contributed by atoms with Crippen LogP contribution in [0.2, 0.25) is 0 Å². The van der Waals surface area contributed by atoms with Gasteiger partial charge in [-0.1, -0.05) is 0 Å². The molecular weight excluding hydrogens is 116 g/mol. The van der Waals surface area contributed by atoms with E-state index >= 15 is 0 Å². The molecule has 0 radical (unpaired) electrons. The molecule has 0 aromatic heterocycles. The van der Waals surface area contributed by atoms with Crippen molar-refractivity contribution in [2.45, 2.75) is 0 Å². The molecule has 0 atom stereocenters. The second-order valence-corrected chi connectivity index (χ2v) is 2.23. The molecular formula is C3H7O3S+. The van der Waals surface area contributed by atoms with Gasteiger partial charge in [0.25, 0.3) is 0 Å². The van der Waals surface area contributed by atoms with E-state index in [-0.39, 0.29) is 0 Å². The first-order valence-corrected chi connectivity index (χ1v) is 2.99. The Bertz CT molecular complexity index is 52.1. The number of hydrogen-bond acceptors (Lipinski definition) is 3. The van der Waals surface area contributed by atoms with Gasteiger partial charge >= 0.3 is 11.7 Å². The molecule has 1 saturated heterocycles. The van der Waals surface area contributed by atoms with Crippen molar-refractivity contribution in [2.75, 3.05) is 20.3 Å². The minimum absolute atomic E-state index is 0.634. The predicted molar refractivity (Wildman–Crippen MR) is 26.3 cm³/mol. The summed E-state index contributed by atoms with van der Waals surface area (Å²) in [4.78, 5) is 0. The van der Waals surface area contributed by atoms with Crippen molar-refractivity contribution in [3.05, 3.63) is 0 Å². The average molecular weight is 123 g/mol. The first kappa shape index (κ1) is 5.37. The van der Waals surface area contributed by atoms with Gasteiger partial charge in [-0.25, -0.2) is 0 Å². The maximum absolute atomic E-state index is 4.89. The van der Waals surface area contributed by atoms with Crippen LogP contribution in [0, 0.1) is 0 Å². The molecule has 3 nitrogen and oxygen atoms in total. The van der Waals surface area contributed by atoms with Gasteiger partial charge in [-0.15, -0.1) is 12.5 Å². The summed E-state index contributed by atoms with van der Waals surface area (Å²) in [5, 5.41) is 0. The highest BCUT2D eigenvalue weighted by Gasteiger charge is 2.31. The van der Waals surface area contributed by atoms with E-state index in [0.29, 0.717) is 13.2 Å². The van der Waals surface area contributed by atoms with Crippen LogP contribution in [-0.2, 0) is 24.3 Å². The summed E-state index contributed by atoms with van der Waals surface area (Å²) in [5.74, 6) is 0. The lowest BCUT2D eigenvalue weighted by atomic mass is 10.8. The molecule has 1 rings (SSSR count). The Morgan fingerprint density at radius 1 is 1.43 bits per heavy atom. The van der Waals surface area contributed by atoms with E-state index in [1.165, 1.54) is 0 Å². The zero-order valence-electron chi connectivity index (χ0n) is 4.05. The molecule has 0 unspecified atom stereocenters. The SMILES string of the molecule is CO[S+]1OCCO1. The molecule has 0 amide bonds. The Hall–Kier alpha value is 0.230. The smallest absolute Gasteiger partial charge is 0.112 e. The van der Waals surface area contributed by atoms with Gasteiger partial charge in [0.1, 0.15) is 13.2 Å². The molecule has 0 aromatic carbocycles. The Kier molecular flexibility index (Phi) is 1.93. The second-order valence-electron chi connectivity index (χ2n) is 1.01. The topological polar surface area (TPSA) is 27.7 Å². The zero-order valence-corrected chi connectivity index (χ0v) is 4.86. The average Bonchev–Trinajstić information content (AvgIpc) is 2.14. The third kappa shape index (κ3) is 1.31. The summed E-state index contributed by atoms with van der Waals surface area (Å²) in [7, 11) is 1.56. The number of rotatable bonds is 1. The maximum atomic E-state index is 4.89. The van der Waals surface area contributed by atoms with Crippen molar-refractivity contribution in [3.63, 3.8) is 0 Å². The number of hydrogen-bond donors (Lipinski definition) is 0. The standard InChI is InChI=1S/C3H7O3S/c1-4-7-5-2-3-6-7/h2-3H2,1H3/q+1. The Morgan fingerprint density at radius 2 is 2.00 bits per heavy atom. The molecule has 4 heteroatoms. The molecule has 0 aromatic rings. The highest BCUT2D eigenvalue weighted by atomic mass is 32.3. The van der Waals surface area contributed by atoms with Crippen LogP contribution >= 0.6 is 0 Å². The van der Waals surface area contributed by atoms with Crippen molar-refractivity contribution in [3.8, 4) is 0 Å². The maximum Gasteiger partial charge on any atom is 0.507 e. The highest BCUT2D eigenvalue weighted by molar-refractivity contribution is 7.83. The summed E-state index contributed by atoms with van der Waals surface area (Å²) in [6.45, 7) is 1.33. The van der Waals surface area contributed by atoms with Gasteiger partial charge in [0.2, 0.25) is 0 Å². The van der Waals surface area contributed by atoms with Gasteiger partial charge in [0.15, 0.2) is 0 Å². The van der Waals surface area contributed by atoms with Crippen molar-refractivity contribution in [1.82, 2.24) is 0 Å². The van der Waals surface area contributed by atoms with Gasteiger partial charge in [-0.2, -0.15) is 0 Å². The van der Waals surface area contributed by atoms with Gasteiger partial charge < -0.3 is 0 Å². The van der Waals surface area contributed by atoms with Crippen molar-refractivity contribution >= 4 is 11.7 Å². The highest BCUT2D eigenvalue weighted by Crippen LogP contribution is 2.07. The van der Waals surface area contributed by atoms with E-state index < -0.39 is 11.7 Å². The lowest BCUT2D eigenvalue weighted by molar-refractivity contribution is 0.321. The molecule has 0 spiro atoms. The van der Waals surface area contributed by atoms with E-state index in [1.807, 2.05) is 0 Å². The monoisotopic (exact) mass is 123 g/mol. The lowest BCUT2D eigenvalue weighted by Crippen LogP contribution is -2.00. The second kappa shape index (κ2) is 2.52. The minimum Gasteiger partial charge on any atom is -0.112 e. The Labute approximate surface area is 45.5 Å². The quantitative estimate of drug-likeness (QED) is 0.461. The van der Waals surface area contributed by atoms with Crippen LogP contribution in [-0.4, -0.2) is 20.3 Å². The van der Waals surface area contributed by atoms with Crippen LogP contribution < -0.4 is 0 Å². The van der Waals surface area contributed by atoms with E-state index in [1.54, 1.807) is 7.11 Å². The summed E-state index contributed by atoms with van der Waals surface area (Å²) < 4.78 is 14.5. The van der Waals surface area contributed by atoms with E-state index in [4.69, 9.17) is 12.5 Å². The fourth-order valence-electron chi connectivity index (χ4n) is 0.334. The van der Waals surface area contributed by atoms with Crippen molar-refractivity contribution in [1.29, 1.82) is 0 Å². The third-order valence-electron chi connectivity index (χ3n) is 0.579. The van der Waals surface area contributed by atoms with E-state index in [0.717, 1.165) is 0 Å². The molecule has 1 aliphatic heterocycles. The lowest BCUT2D eigenvalue weighted by Gasteiger charge is -1.81. The molecule has 0 saturated carbocycles. The molecule has 1 fully saturated rings. The van der Waals surface area contributed by atoms with Gasteiger partial charge in [-0.05, 0) is 0 Å². The molecule has 1 aliphatic rings. The fourth-order valence-corrected chi connectivity index (χ4v) is 1.00. The van der Waals surface area contributed by atoms with Crippen LogP contribution in [0.5, 0.6) is 0 Å². The van der Waals surface area contributed by atoms with Crippen LogP contribution in [0.25, 0.3) is 0 Å². The van der Waals surface area contributed by atoms with Gasteiger partial charge in [-0.3, -0.25) is 0 Å². The first-order chi connectivity index (χ1) is 3.43. The fraction of sp³-hybridized carbons (Fsp3) is 1.00. The summed E-state index contributed by atoms with van der Waals surface area (Å²) in [5.41, 5.74) is 0. The predicted octanol–water partition coefficient (Wildman–Crippen LogP) is 0.0429. The molecule has 0 aliphatic carbocycles. The normalized spacial score (nSPS) is 23.6. The van der Waals surface area contributed by atoms with E-state index in [2.05, 4.69) is 0 Å². The molecule has 42 valence electrons. The van der Waals surface area contributed by atoms with Crippen LogP contribution in [0.15, 0.2) is 0 Å². The summed E-state index contributed by atoms with van der Waals surface area (Å²) >= 11 is -0.634.